The molecule has 0 aliphatic carbocycles. The quantitative estimate of drug-likeness (QED) is 0.839. The monoisotopic (exact) mass is 237 g/mol. The molecular weight excluding hydrogens is 222 g/mol. The van der Waals surface area contributed by atoms with Gasteiger partial charge in [-0.25, -0.2) is 0 Å². The van der Waals surface area contributed by atoms with Gasteiger partial charge in [0.25, 0.3) is 0 Å². The maximum absolute atomic E-state index is 10.2. The van der Waals surface area contributed by atoms with E-state index in [0.717, 1.165) is 6.54 Å². The lowest BCUT2D eigenvalue weighted by Crippen LogP contribution is -2.34. The maximum atomic E-state index is 10.2. The van der Waals surface area contributed by atoms with Crippen molar-refractivity contribution >= 4 is 11.3 Å². The highest BCUT2D eigenvalue weighted by atomic mass is 32.1. The number of aliphatic hydroxyl groups is 1. The zero-order valence-corrected chi connectivity index (χ0v) is 9.96. The van der Waals surface area contributed by atoms with Crippen LogP contribution in [0.15, 0.2) is 40.3 Å². The van der Waals surface area contributed by atoms with Crippen LogP contribution in [0.2, 0.25) is 0 Å². The predicted octanol–water partition coefficient (Wildman–Crippen LogP) is 2.34. The van der Waals surface area contributed by atoms with Gasteiger partial charge >= 0.3 is 0 Å². The van der Waals surface area contributed by atoms with Gasteiger partial charge in [-0.1, -0.05) is 6.07 Å². The zero-order chi connectivity index (χ0) is 11.4. The molecule has 1 atom stereocenters. The maximum Gasteiger partial charge on any atom is 0.136 e. The molecule has 2 rings (SSSR count). The van der Waals surface area contributed by atoms with Gasteiger partial charge in [-0.2, -0.15) is 0 Å². The Hall–Kier alpha value is -1.10. The number of nitrogens with one attached hydrogen (secondary N) is 1. The van der Waals surface area contributed by atoms with E-state index in [2.05, 4.69) is 11.4 Å². The van der Waals surface area contributed by atoms with Crippen LogP contribution in [0.5, 0.6) is 0 Å². The summed E-state index contributed by atoms with van der Waals surface area (Å²) in [5.41, 5.74) is -0.958. The van der Waals surface area contributed by atoms with Crippen molar-refractivity contribution in [1.29, 1.82) is 0 Å². The highest BCUT2D eigenvalue weighted by Gasteiger charge is 2.25. The van der Waals surface area contributed by atoms with Crippen LogP contribution < -0.4 is 5.32 Å². The first-order valence-corrected chi connectivity index (χ1v) is 6.06. The average Bonchev–Trinajstić information content (AvgIpc) is 2.90. The lowest BCUT2D eigenvalue weighted by Gasteiger charge is -2.20. The summed E-state index contributed by atoms with van der Waals surface area (Å²) < 4.78 is 5.20. The minimum absolute atomic E-state index is 0.471. The Bertz CT molecular complexity index is 406. The Morgan fingerprint density at radius 2 is 2.31 bits per heavy atom. The van der Waals surface area contributed by atoms with Gasteiger partial charge in [-0.05, 0) is 30.5 Å². The largest absolute Gasteiger partial charge is 0.466 e. The molecule has 0 radical (unpaired) electrons. The van der Waals surface area contributed by atoms with Crippen LogP contribution in [-0.4, -0.2) is 11.7 Å². The fourth-order valence-electron chi connectivity index (χ4n) is 1.51. The topological polar surface area (TPSA) is 45.4 Å². The molecule has 86 valence electrons. The second kappa shape index (κ2) is 4.82. The van der Waals surface area contributed by atoms with Crippen LogP contribution >= 0.6 is 11.3 Å². The van der Waals surface area contributed by atoms with Gasteiger partial charge in [-0.3, -0.25) is 0 Å². The molecule has 0 bridgehead atoms. The van der Waals surface area contributed by atoms with E-state index in [9.17, 15) is 5.11 Å². The average molecular weight is 237 g/mol. The molecule has 0 saturated carbocycles. The van der Waals surface area contributed by atoms with Crippen molar-refractivity contribution in [1.82, 2.24) is 5.32 Å². The molecule has 1 unspecified atom stereocenters. The second-order valence-electron chi connectivity index (χ2n) is 3.93. The van der Waals surface area contributed by atoms with Crippen molar-refractivity contribution in [3.8, 4) is 0 Å². The first kappa shape index (κ1) is 11.4. The summed E-state index contributed by atoms with van der Waals surface area (Å²) in [5.74, 6) is 0.589. The molecule has 3 nitrogen and oxygen atoms in total. The highest BCUT2D eigenvalue weighted by Crippen LogP contribution is 2.20. The van der Waals surface area contributed by atoms with E-state index in [1.165, 1.54) is 4.88 Å². The van der Waals surface area contributed by atoms with Crippen LogP contribution in [0.3, 0.4) is 0 Å². The van der Waals surface area contributed by atoms with Gasteiger partial charge in [0.2, 0.25) is 0 Å². The number of thiophene rings is 1. The molecule has 16 heavy (non-hydrogen) atoms. The lowest BCUT2D eigenvalue weighted by molar-refractivity contribution is 0.0341. The molecule has 0 aliphatic rings. The zero-order valence-electron chi connectivity index (χ0n) is 9.14. The second-order valence-corrected chi connectivity index (χ2v) is 4.97. The highest BCUT2D eigenvalue weighted by molar-refractivity contribution is 7.09. The molecule has 2 heterocycles. The third kappa shape index (κ3) is 2.72. The summed E-state index contributed by atoms with van der Waals surface area (Å²) >= 11 is 1.70. The van der Waals surface area contributed by atoms with Gasteiger partial charge in [0.1, 0.15) is 11.4 Å². The molecule has 0 aliphatic heterocycles. The van der Waals surface area contributed by atoms with E-state index in [-0.39, 0.29) is 0 Å². The normalized spacial score (nSPS) is 14.9. The summed E-state index contributed by atoms with van der Waals surface area (Å²) in [6.07, 6.45) is 1.57. The smallest absolute Gasteiger partial charge is 0.136 e. The van der Waals surface area contributed by atoms with Gasteiger partial charge in [0.05, 0.1) is 6.26 Å². The van der Waals surface area contributed by atoms with Crippen LogP contribution in [0.25, 0.3) is 0 Å². The molecule has 0 saturated heterocycles. The van der Waals surface area contributed by atoms with E-state index >= 15 is 0 Å². The molecule has 4 heteroatoms. The summed E-state index contributed by atoms with van der Waals surface area (Å²) in [4.78, 5) is 1.26. The standard InChI is InChI=1S/C12H15NO2S/c1-12(14,11-5-2-6-15-11)9-13-8-10-4-3-7-16-10/h2-7,13-14H,8-9H2,1H3. The van der Waals surface area contributed by atoms with E-state index in [1.807, 2.05) is 11.4 Å². The minimum atomic E-state index is -0.958. The SMILES string of the molecule is CC(O)(CNCc1cccs1)c1ccco1. The van der Waals surface area contributed by atoms with E-state index < -0.39 is 5.60 Å². The number of hydrogen-bond acceptors (Lipinski definition) is 4. The van der Waals surface area contributed by atoms with Crippen LogP contribution in [0.1, 0.15) is 17.6 Å². The van der Waals surface area contributed by atoms with Crippen molar-refractivity contribution in [2.24, 2.45) is 0 Å². The Morgan fingerprint density at radius 3 is 2.94 bits per heavy atom. The molecule has 0 aromatic carbocycles. The van der Waals surface area contributed by atoms with Crippen LogP contribution in [-0.2, 0) is 12.1 Å². The molecular formula is C12H15NO2S. The minimum Gasteiger partial charge on any atom is -0.466 e. The van der Waals surface area contributed by atoms with Gasteiger partial charge in [0, 0.05) is 18.0 Å². The van der Waals surface area contributed by atoms with Crippen molar-refractivity contribution in [3.05, 3.63) is 46.5 Å². The summed E-state index contributed by atoms with van der Waals surface area (Å²) in [7, 11) is 0. The molecule has 2 N–H and O–H groups in total. The summed E-state index contributed by atoms with van der Waals surface area (Å²) in [6, 6.07) is 7.65. The van der Waals surface area contributed by atoms with Crippen molar-refractivity contribution in [3.63, 3.8) is 0 Å². The van der Waals surface area contributed by atoms with E-state index in [4.69, 9.17) is 4.42 Å². The van der Waals surface area contributed by atoms with Crippen molar-refractivity contribution in [2.75, 3.05) is 6.54 Å². The van der Waals surface area contributed by atoms with Gasteiger partial charge in [-0.15, -0.1) is 11.3 Å². The van der Waals surface area contributed by atoms with Crippen LogP contribution in [0.4, 0.5) is 0 Å². The summed E-state index contributed by atoms with van der Waals surface area (Å²) in [5, 5.41) is 15.4. The molecule has 0 fully saturated rings. The van der Waals surface area contributed by atoms with Gasteiger partial charge in [0.15, 0.2) is 0 Å². The first-order valence-electron chi connectivity index (χ1n) is 5.18. The van der Waals surface area contributed by atoms with E-state index in [1.54, 1.807) is 36.7 Å². The Morgan fingerprint density at radius 1 is 1.44 bits per heavy atom. The van der Waals surface area contributed by atoms with Crippen LogP contribution in [0, 0.1) is 0 Å². The lowest BCUT2D eigenvalue weighted by atomic mass is 10.0. The Kier molecular flexibility index (Phi) is 3.43. The van der Waals surface area contributed by atoms with Crippen molar-refractivity contribution in [2.45, 2.75) is 19.1 Å². The fourth-order valence-corrected chi connectivity index (χ4v) is 2.19. The fraction of sp³-hybridized carbons (Fsp3) is 0.333. The first-order chi connectivity index (χ1) is 7.68. The van der Waals surface area contributed by atoms with Gasteiger partial charge < -0.3 is 14.8 Å². The molecule has 2 aromatic heterocycles. The third-order valence-corrected chi connectivity index (χ3v) is 3.28. The molecule has 2 aromatic rings. The predicted molar refractivity (Wildman–Crippen MR) is 64.3 cm³/mol. The number of hydrogen-bond donors (Lipinski definition) is 2. The summed E-state index contributed by atoms with van der Waals surface area (Å²) in [6.45, 7) is 2.99. The third-order valence-electron chi connectivity index (χ3n) is 2.40. The number of furan rings is 1. The van der Waals surface area contributed by atoms with Crippen molar-refractivity contribution < 1.29 is 9.52 Å². The van der Waals surface area contributed by atoms with E-state index in [0.29, 0.717) is 12.3 Å². The Labute approximate surface area is 98.7 Å². The molecule has 0 amide bonds. The number of rotatable bonds is 5. The Balaban J connectivity index is 1.85. The molecule has 0 spiro atoms.